The van der Waals surface area contributed by atoms with Gasteiger partial charge in [-0.05, 0) is 26.8 Å². The van der Waals surface area contributed by atoms with Crippen LogP contribution in [0.25, 0.3) is 0 Å². The molecule has 0 aliphatic rings. The molecular formula is C15H24ClNO2. The number of aliphatic hydroxyl groups is 1. The van der Waals surface area contributed by atoms with E-state index in [9.17, 15) is 0 Å². The number of para-hydroxylation sites is 1. The summed E-state index contributed by atoms with van der Waals surface area (Å²) in [4.78, 5) is 0. The molecule has 1 aromatic carbocycles. The highest BCUT2D eigenvalue weighted by Crippen LogP contribution is 2.29. The van der Waals surface area contributed by atoms with Crippen molar-refractivity contribution in [1.82, 2.24) is 5.32 Å². The van der Waals surface area contributed by atoms with Gasteiger partial charge in [0.15, 0.2) is 0 Å². The van der Waals surface area contributed by atoms with Gasteiger partial charge in [-0.3, -0.25) is 0 Å². The van der Waals surface area contributed by atoms with E-state index in [1.165, 1.54) is 0 Å². The van der Waals surface area contributed by atoms with E-state index >= 15 is 0 Å². The Hall–Kier alpha value is -0.770. The van der Waals surface area contributed by atoms with Crippen molar-refractivity contribution in [3.8, 4) is 5.75 Å². The Morgan fingerprint density at radius 1 is 1.37 bits per heavy atom. The first-order chi connectivity index (χ1) is 8.83. The van der Waals surface area contributed by atoms with Crippen LogP contribution in [0.2, 0.25) is 5.02 Å². The van der Waals surface area contributed by atoms with Crippen molar-refractivity contribution in [1.29, 1.82) is 0 Å². The molecule has 1 atom stereocenters. The smallest absolute Gasteiger partial charge is 0.142 e. The lowest BCUT2D eigenvalue weighted by atomic mass is 10.1. The van der Waals surface area contributed by atoms with Crippen molar-refractivity contribution in [3.05, 3.63) is 28.8 Å². The molecule has 0 aliphatic carbocycles. The predicted molar refractivity (Wildman–Crippen MR) is 79.8 cm³/mol. The number of hydrogen-bond acceptors (Lipinski definition) is 3. The fraction of sp³-hybridized carbons (Fsp3) is 0.600. The number of rotatable bonds is 6. The highest BCUT2D eigenvalue weighted by molar-refractivity contribution is 6.32. The fourth-order valence-electron chi connectivity index (χ4n) is 1.49. The zero-order valence-corrected chi connectivity index (χ0v) is 12.9. The predicted octanol–water partition coefficient (Wildman–Crippen LogP) is 3.24. The molecule has 0 amide bonds. The number of aliphatic hydroxyl groups excluding tert-OH is 1. The molecule has 0 bridgehead atoms. The molecule has 0 aliphatic heterocycles. The second-order valence-corrected chi connectivity index (χ2v) is 6.34. The number of nitrogens with one attached hydrogen (secondary N) is 1. The van der Waals surface area contributed by atoms with Crippen LogP contribution >= 0.6 is 11.6 Å². The zero-order chi connectivity index (χ0) is 14.5. The Kier molecular flexibility index (Phi) is 6.11. The number of hydrogen-bond donors (Lipinski definition) is 2. The van der Waals surface area contributed by atoms with E-state index in [0.29, 0.717) is 23.9 Å². The largest absolute Gasteiger partial charge is 0.491 e. The lowest BCUT2D eigenvalue weighted by Crippen LogP contribution is -2.35. The maximum atomic E-state index is 9.04. The van der Waals surface area contributed by atoms with Crippen LogP contribution in [0.4, 0.5) is 0 Å². The number of ether oxygens (including phenoxy) is 1. The minimum Gasteiger partial charge on any atom is -0.491 e. The van der Waals surface area contributed by atoms with Crippen LogP contribution in [0.15, 0.2) is 18.2 Å². The van der Waals surface area contributed by atoms with E-state index in [1.54, 1.807) is 0 Å². The Morgan fingerprint density at radius 2 is 2.05 bits per heavy atom. The molecule has 0 saturated carbocycles. The van der Waals surface area contributed by atoms with Crippen molar-refractivity contribution in [2.75, 3.05) is 13.2 Å². The molecule has 1 unspecified atom stereocenters. The van der Waals surface area contributed by atoms with E-state index in [4.69, 9.17) is 21.4 Å². The summed E-state index contributed by atoms with van der Waals surface area (Å²) in [7, 11) is 0. The molecule has 3 nitrogen and oxygen atoms in total. The van der Waals surface area contributed by atoms with Crippen molar-refractivity contribution >= 4 is 11.6 Å². The molecule has 0 fully saturated rings. The number of benzene rings is 1. The highest BCUT2D eigenvalue weighted by Gasteiger charge is 2.13. The van der Waals surface area contributed by atoms with Gasteiger partial charge in [-0.25, -0.2) is 0 Å². The first-order valence-electron chi connectivity index (χ1n) is 6.59. The van der Waals surface area contributed by atoms with Gasteiger partial charge in [-0.2, -0.15) is 0 Å². The molecule has 0 aromatic heterocycles. The average molecular weight is 286 g/mol. The summed E-state index contributed by atoms with van der Waals surface area (Å²) in [5.74, 6) is 0.806. The number of halogens is 1. The lowest BCUT2D eigenvalue weighted by molar-refractivity contribution is 0.173. The van der Waals surface area contributed by atoms with Gasteiger partial charge >= 0.3 is 0 Å². The summed E-state index contributed by atoms with van der Waals surface area (Å²) >= 11 is 6.19. The van der Waals surface area contributed by atoms with Gasteiger partial charge in [0.25, 0.3) is 0 Å². The Labute approximate surface area is 120 Å². The second-order valence-electron chi connectivity index (χ2n) is 5.93. The van der Waals surface area contributed by atoms with Crippen molar-refractivity contribution < 1.29 is 9.84 Å². The SMILES string of the molecule is CC(CO)COc1c(Cl)cccc1CNC(C)(C)C. The third-order valence-electron chi connectivity index (χ3n) is 2.68. The Morgan fingerprint density at radius 3 is 2.63 bits per heavy atom. The van der Waals surface area contributed by atoms with Gasteiger partial charge in [-0.15, -0.1) is 0 Å². The summed E-state index contributed by atoms with van der Waals surface area (Å²) in [5.41, 5.74) is 1.07. The molecule has 4 heteroatoms. The summed E-state index contributed by atoms with van der Waals surface area (Å²) in [6, 6.07) is 5.75. The maximum absolute atomic E-state index is 9.04. The highest BCUT2D eigenvalue weighted by atomic mass is 35.5. The maximum Gasteiger partial charge on any atom is 0.142 e. The van der Waals surface area contributed by atoms with E-state index in [1.807, 2.05) is 25.1 Å². The van der Waals surface area contributed by atoms with E-state index in [-0.39, 0.29) is 18.1 Å². The van der Waals surface area contributed by atoms with Crippen molar-refractivity contribution in [3.63, 3.8) is 0 Å². The van der Waals surface area contributed by atoms with Crippen molar-refractivity contribution in [2.45, 2.75) is 39.8 Å². The molecule has 1 aromatic rings. The van der Waals surface area contributed by atoms with Crippen LogP contribution in [-0.2, 0) is 6.54 Å². The normalized spacial score (nSPS) is 13.4. The molecule has 2 N–H and O–H groups in total. The Balaban J connectivity index is 2.77. The third-order valence-corrected chi connectivity index (χ3v) is 2.98. The van der Waals surface area contributed by atoms with Crippen LogP contribution in [0.5, 0.6) is 5.75 Å². The molecule has 19 heavy (non-hydrogen) atoms. The lowest BCUT2D eigenvalue weighted by Gasteiger charge is -2.22. The standard InChI is InChI=1S/C15H24ClNO2/c1-11(9-18)10-19-14-12(6-5-7-13(14)16)8-17-15(2,3)4/h5-7,11,17-18H,8-10H2,1-4H3. The summed E-state index contributed by atoms with van der Waals surface area (Å²) in [6.07, 6.45) is 0. The van der Waals surface area contributed by atoms with Crippen LogP contribution in [0.3, 0.4) is 0 Å². The van der Waals surface area contributed by atoms with Gasteiger partial charge in [-0.1, -0.05) is 30.7 Å². The van der Waals surface area contributed by atoms with Crippen LogP contribution in [0, 0.1) is 5.92 Å². The Bertz CT molecular complexity index is 402. The molecule has 0 spiro atoms. The summed E-state index contributed by atoms with van der Waals surface area (Å²) < 4.78 is 5.75. The molecule has 0 saturated heterocycles. The monoisotopic (exact) mass is 285 g/mol. The fourth-order valence-corrected chi connectivity index (χ4v) is 1.74. The summed E-state index contributed by atoms with van der Waals surface area (Å²) in [6.45, 7) is 9.56. The van der Waals surface area contributed by atoms with E-state index in [0.717, 1.165) is 5.56 Å². The molecule has 108 valence electrons. The quantitative estimate of drug-likeness (QED) is 0.843. The van der Waals surface area contributed by atoms with Crippen LogP contribution in [0.1, 0.15) is 33.3 Å². The molecule has 1 rings (SSSR count). The van der Waals surface area contributed by atoms with E-state index < -0.39 is 0 Å². The van der Waals surface area contributed by atoms with Crippen LogP contribution in [-0.4, -0.2) is 23.9 Å². The van der Waals surface area contributed by atoms with Gasteiger partial charge in [0.05, 0.1) is 11.6 Å². The van der Waals surface area contributed by atoms with Crippen LogP contribution < -0.4 is 10.1 Å². The van der Waals surface area contributed by atoms with E-state index in [2.05, 4.69) is 26.1 Å². The zero-order valence-electron chi connectivity index (χ0n) is 12.2. The molecular weight excluding hydrogens is 262 g/mol. The van der Waals surface area contributed by atoms with Gasteiger partial charge in [0.1, 0.15) is 5.75 Å². The minimum absolute atomic E-state index is 0.0397. The third kappa shape index (κ3) is 5.81. The van der Waals surface area contributed by atoms with Gasteiger partial charge < -0.3 is 15.2 Å². The topological polar surface area (TPSA) is 41.5 Å². The van der Waals surface area contributed by atoms with Crippen molar-refractivity contribution in [2.24, 2.45) is 5.92 Å². The second kappa shape index (κ2) is 7.13. The van der Waals surface area contributed by atoms with Gasteiger partial charge in [0.2, 0.25) is 0 Å². The minimum atomic E-state index is 0.0397. The average Bonchev–Trinajstić information content (AvgIpc) is 2.33. The molecule has 0 radical (unpaired) electrons. The molecule has 0 heterocycles. The first-order valence-corrected chi connectivity index (χ1v) is 6.97. The summed E-state index contributed by atoms with van der Waals surface area (Å²) in [5, 5.41) is 13.1. The first kappa shape index (κ1) is 16.3. The van der Waals surface area contributed by atoms with Gasteiger partial charge in [0, 0.05) is 30.2 Å².